The fraction of sp³-hybridized carbons (Fsp3) is 0.0645. The molecule has 1 unspecified atom stereocenters. The number of aryl methyl sites for hydroxylation is 2. The molecule has 1 aliphatic rings. The van der Waals surface area contributed by atoms with E-state index in [9.17, 15) is 0 Å². The Bertz CT molecular complexity index is 3490. The molecule has 1 atom stereocenters. The van der Waals surface area contributed by atoms with E-state index in [1.807, 2.05) is 25.1 Å². The molecule has 5 heteroatoms. The number of benzene rings is 7. The highest BCUT2D eigenvalue weighted by Gasteiger charge is 2.25. The first-order chi connectivity index (χ1) is 32.9. The fourth-order valence-electron chi connectivity index (χ4n) is 9.30. The van der Waals surface area contributed by atoms with E-state index in [2.05, 4.69) is 212 Å². The van der Waals surface area contributed by atoms with E-state index in [1.165, 1.54) is 5.56 Å². The molecule has 0 saturated heterocycles. The normalized spacial score (nSPS) is 13.8. The van der Waals surface area contributed by atoms with Crippen LogP contribution in [-0.4, -0.2) is 25.9 Å². The molecule has 1 aliphatic heterocycles. The van der Waals surface area contributed by atoms with Gasteiger partial charge in [0, 0.05) is 46.3 Å². The van der Waals surface area contributed by atoms with Gasteiger partial charge in [0.05, 0.1) is 23.1 Å². The molecule has 0 amide bonds. The van der Waals surface area contributed by atoms with Crippen molar-refractivity contribution >= 4 is 17.2 Å². The molecule has 0 spiro atoms. The van der Waals surface area contributed by atoms with Gasteiger partial charge in [-0.25, -0.2) is 9.98 Å². The maximum atomic E-state index is 5.58. The lowest BCUT2D eigenvalue weighted by Gasteiger charge is -2.19. The molecular weight excluding hydrogens is 815 g/mol. The number of fused-ring (bicyclic) bond motifs is 1. The first-order valence-electron chi connectivity index (χ1n) is 22.8. The Morgan fingerprint density at radius 2 is 1.01 bits per heavy atom. The zero-order valence-corrected chi connectivity index (χ0v) is 37.5. The maximum Gasteiger partial charge on any atom is 0.155 e. The van der Waals surface area contributed by atoms with Gasteiger partial charge in [-0.1, -0.05) is 176 Å². The van der Waals surface area contributed by atoms with Crippen molar-refractivity contribution in [1.82, 2.24) is 14.4 Å². The van der Waals surface area contributed by atoms with Crippen molar-refractivity contribution in [2.24, 2.45) is 9.98 Å². The lowest BCUT2D eigenvalue weighted by atomic mass is 9.88. The molecule has 10 aromatic rings. The van der Waals surface area contributed by atoms with Gasteiger partial charge in [-0.05, 0) is 112 Å². The summed E-state index contributed by atoms with van der Waals surface area (Å²) in [6, 6.07) is 74.4. The highest BCUT2D eigenvalue weighted by atomic mass is 15.0. The zero-order chi connectivity index (χ0) is 45.3. The first-order valence-corrected chi connectivity index (χ1v) is 22.8. The average molecular weight is 862 g/mol. The van der Waals surface area contributed by atoms with Gasteiger partial charge in [-0.2, -0.15) is 0 Å². The average Bonchev–Trinajstić information content (AvgIpc) is 3.68. The van der Waals surface area contributed by atoms with Crippen molar-refractivity contribution in [3.8, 4) is 67.0 Å². The Morgan fingerprint density at radius 1 is 0.463 bits per heavy atom. The minimum absolute atomic E-state index is 0.391. The number of rotatable bonds is 9. The predicted molar refractivity (Wildman–Crippen MR) is 278 cm³/mol. The van der Waals surface area contributed by atoms with Crippen LogP contribution >= 0.6 is 0 Å². The monoisotopic (exact) mass is 861 g/mol. The van der Waals surface area contributed by atoms with Crippen molar-refractivity contribution in [2.75, 3.05) is 0 Å². The smallest absolute Gasteiger partial charge is 0.155 e. The van der Waals surface area contributed by atoms with Gasteiger partial charge < -0.3 is 0 Å². The maximum absolute atomic E-state index is 5.58. The zero-order valence-electron chi connectivity index (χ0n) is 37.5. The van der Waals surface area contributed by atoms with Crippen molar-refractivity contribution in [1.29, 1.82) is 0 Å². The van der Waals surface area contributed by atoms with Crippen molar-refractivity contribution < 1.29 is 0 Å². The summed E-state index contributed by atoms with van der Waals surface area (Å²) in [5.74, 6) is 0.674. The molecule has 11 rings (SSSR count). The summed E-state index contributed by atoms with van der Waals surface area (Å²) >= 11 is 0. The number of aromatic nitrogens is 3. The van der Waals surface area contributed by atoms with Gasteiger partial charge in [0.1, 0.15) is 5.65 Å². The number of pyridine rings is 2. The third-order valence-corrected chi connectivity index (χ3v) is 12.7. The Morgan fingerprint density at radius 3 is 1.69 bits per heavy atom. The van der Waals surface area contributed by atoms with E-state index in [-0.39, 0.29) is 0 Å². The van der Waals surface area contributed by atoms with Crippen LogP contribution in [0.25, 0.3) is 72.7 Å². The second kappa shape index (κ2) is 17.8. The Labute approximate surface area is 391 Å². The minimum Gasteiger partial charge on any atom is -0.299 e. The fourth-order valence-corrected chi connectivity index (χ4v) is 9.30. The Hall–Kier alpha value is -8.54. The molecule has 67 heavy (non-hydrogen) atoms. The van der Waals surface area contributed by atoms with Crippen LogP contribution in [0.2, 0.25) is 0 Å². The summed E-state index contributed by atoms with van der Waals surface area (Å²) in [5.41, 5.74) is 20.8. The van der Waals surface area contributed by atoms with Crippen LogP contribution in [0.3, 0.4) is 0 Å². The van der Waals surface area contributed by atoms with Gasteiger partial charge >= 0.3 is 0 Å². The van der Waals surface area contributed by atoms with E-state index in [4.69, 9.17) is 26.5 Å². The summed E-state index contributed by atoms with van der Waals surface area (Å²) in [6.07, 6.45) is 2.65. The topological polar surface area (TPSA) is 54.9 Å². The largest absolute Gasteiger partial charge is 0.299 e. The standard InChI is InChI=1S/C62H47N5/c1-41-36-57(48-30-26-46(27-31-48)44-16-7-4-8-17-44)64-62(50-32-28-47(29-33-50)45-18-9-5-10-19-45)66-59(41)55-39-53(38-54(40-55)56-34-25-42(2)63-43(56)3)51-22-15-23-52(37-51)60-61(49-20-11-6-12-21-49)67-35-14-13-24-58(67)65-60/h4-35,37-40,59H,1,36H2,2-3H3. The number of nitrogens with zero attached hydrogens (tertiary/aromatic N) is 5. The van der Waals surface area contributed by atoms with Gasteiger partial charge in [-0.3, -0.25) is 14.4 Å². The summed E-state index contributed by atoms with van der Waals surface area (Å²) < 4.78 is 2.18. The van der Waals surface area contributed by atoms with Crippen LogP contribution in [0.15, 0.2) is 241 Å². The van der Waals surface area contributed by atoms with Crippen LogP contribution in [0, 0.1) is 13.8 Å². The van der Waals surface area contributed by atoms with Crippen LogP contribution in [0.5, 0.6) is 0 Å². The molecule has 7 aromatic carbocycles. The van der Waals surface area contributed by atoms with E-state index in [1.54, 1.807) is 0 Å². The Balaban J connectivity index is 1.05. The van der Waals surface area contributed by atoms with E-state index < -0.39 is 6.04 Å². The van der Waals surface area contributed by atoms with Gasteiger partial charge in [0.25, 0.3) is 0 Å². The number of aliphatic imine (C=N–C) groups is 2. The predicted octanol–water partition coefficient (Wildman–Crippen LogP) is 15.3. The first kappa shape index (κ1) is 41.2. The van der Waals surface area contributed by atoms with Crippen LogP contribution < -0.4 is 0 Å². The quantitative estimate of drug-likeness (QED) is 0.136. The van der Waals surface area contributed by atoms with Gasteiger partial charge in [-0.15, -0.1) is 0 Å². The molecule has 5 nitrogen and oxygen atoms in total. The van der Waals surface area contributed by atoms with Crippen molar-refractivity contribution in [3.05, 3.63) is 259 Å². The molecule has 0 bridgehead atoms. The number of hydrogen-bond donors (Lipinski definition) is 0. The second-order valence-electron chi connectivity index (χ2n) is 17.2. The summed E-state index contributed by atoms with van der Waals surface area (Å²) in [5, 5.41) is 0. The number of imidazole rings is 1. The van der Waals surface area contributed by atoms with Crippen molar-refractivity contribution in [2.45, 2.75) is 26.3 Å². The minimum atomic E-state index is -0.391. The van der Waals surface area contributed by atoms with E-state index in [0.717, 1.165) is 106 Å². The lowest BCUT2D eigenvalue weighted by molar-refractivity contribution is 0.841. The molecule has 0 fully saturated rings. The third-order valence-electron chi connectivity index (χ3n) is 12.7. The van der Waals surface area contributed by atoms with E-state index >= 15 is 0 Å². The highest BCUT2D eigenvalue weighted by molar-refractivity contribution is 6.14. The van der Waals surface area contributed by atoms with Crippen LogP contribution in [-0.2, 0) is 0 Å². The molecule has 0 radical (unpaired) electrons. The number of amidine groups is 1. The molecule has 320 valence electrons. The highest BCUT2D eigenvalue weighted by Crippen LogP contribution is 2.40. The molecule has 0 N–H and O–H groups in total. The molecular formula is C62H47N5. The van der Waals surface area contributed by atoms with Crippen LogP contribution in [0.1, 0.15) is 40.5 Å². The molecule has 0 aliphatic carbocycles. The Kier molecular flexibility index (Phi) is 10.9. The molecule has 3 aromatic heterocycles. The number of hydrogen-bond acceptors (Lipinski definition) is 4. The van der Waals surface area contributed by atoms with Gasteiger partial charge in [0.15, 0.2) is 5.84 Å². The molecule has 4 heterocycles. The second-order valence-corrected chi connectivity index (χ2v) is 17.2. The summed E-state index contributed by atoms with van der Waals surface area (Å²) in [4.78, 5) is 21.1. The van der Waals surface area contributed by atoms with E-state index in [0.29, 0.717) is 12.3 Å². The van der Waals surface area contributed by atoms with Gasteiger partial charge in [0.2, 0.25) is 0 Å². The molecule has 0 saturated carbocycles. The lowest BCUT2D eigenvalue weighted by Crippen LogP contribution is -2.06. The van der Waals surface area contributed by atoms with Crippen molar-refractivity contribution in [3.63, 3.8) is 0 Å². The SMILES string of the molecule is C=C1CC(c2ccc(-c3ccccc3)cc2)=NC(c2ccc(-c3ccccc3)cc2)=NC1c1cc(-c2cccc(-c3nc4ccccn4c3-c3ccccc3)c2)cc(-c2ccc(C)nc2C)c1. The summed E-state index contributed by atoms with van der Waals surface area (Å²) in [6.45, 7) is 8.92. The third kappa shape index (κ3) is 8.35. The summed E-state index contributed by atoms with van der Waals surface area (Å²) in [7, 11) is 0. The van der Waals surface area contributed by atoms with Crippen LogP contribution in [0.4, 0.5) is 0 Å².